The van der Waals surface area contributed by atoms with Gasteiger partial charge in [0, 0.05) is 29.6 Å². The molecule has 0 spiro atoms. The Hall–Kier alpha value is -1.26. The zero-order valence-electron chi connectivity index (χ0n) is 12.2. The van der Waals surface area contributed by atoms with Crippen molar-refractivity contribution in [2.45, 2.75) is 39.7 Å². The van der Waals surface area contributed by atoms with Crippen LogP contribution in [0, 0.1) is 6.92 Å². The fourth-order valence-corrected chi connectivity index (χ4v) is 2.78. The van der Waals surface area contributed by atoms with Crippen LogP contribution >= 0.6 is 11.6 Å². The summed E-state index contributed by atoms with van der Waals surface area (Å²) >= 11 is 6.31. The van der Waals surface area contributed by atoms with E-state index in [0.717, 1.165) is 23.2 Å². The van der Waals surface area contributed by atoms with E-state index < -0.39 is 0 Å². The first-order valence-corrected chi connectivity index (χ1v) is 7.36. The standard InChI is InChI=1S/C15H21ClN2O2/c1-4-20-15-11(10(3)17)8-12(16)9(2)14(15)18-7-5-6-13(18)19/h8,10H,4-7,17H2,1-3H3/t10-/m0/s1. The Labute approximate surface area is 124 Å². The minimum atomic E-state index is -0.203. The molecule has 1 saturated heterocycles. The molecule has 1 aliphatic rings. The minimum absolute atomic E-state index is 0.118. The zero-order valence-corrected chi connectivity index (χ0v) is 13.0. The van der Waals surface area contributed by atoms with E-state index >= 15 is 0 Å². The van der Waals surface area contributed by atoms with Gasteiger partial charge in [-0.2, -0.15) is 0 Å². The normalized spacial score (nSPS) is 16.6. The highest BCUT2D eigenvalue weighted by atomic mass is 35.5. The largest absolute Gasteiger partial charge is 0.491 e. The topological polar surface area (TPSA) is 55.6 Å². The first-order valence-electron chi connectivity index (χ1n) is 6.99. The van der Waals surface area contributed by atoms with Gasteiger partial charge in [0.1, 0.15) is 5.75 Å². The fraction of sp³-hybridized carbons (Fsp3) is 0.533. The third-order valence-corrected chi connectivity index (χ3v) is 3.99. The Morgan fingerprint density at radius 2 is 2.25 bits per heavy atom. The Morgan fingerprint density at radius 3 is 2.75 bits per heavy atom. The molecular formula is C15H21ClN2O2. The van der Waals surface area contributed by atoms with Crippen molar-refractivity contribution in [2.24, 2.45) is 5.73 Å². The van der Waals surface area contributed by atoms with E-state index in [1.165, 1.54) is 0 Å². The summed E-state index contributed by atoms with van der Waals surface area (Å²) in [7, 11) is 0. The molecule has 1 aliphatic heterocycles. The molecule has 110 valence electrons. The molecule has 0 aliphatic carbocycles. The summed E-state index contributed by atoms with van der Waals surface area (Å²) < 4.78 is 5.79. The molecular weight excluding hydrogens is 276 g/mol. The maximum atomic E-state index is 12.1. The molecule has 1 atom stereocenters. The summed E-state index contributed by atoms with van der Waals surface area (Å²) in [4.78, 5) is 13.8. The number of carbonyl (C=O) groups excluding carboxylic acids is 1. The van der Waals surface area contributed by atoms with Crippen molar-refractivity contribution in [1.82, 2.24) is 0 Å². The molecule has 2 rings (SSSR count). The predicted octanol–water partition coefficient (Wildman–Crippen LogP) is 3.19. The van der Waals surface area contributed by atoms with Crippen LogP contribution in [0.2, 0.25) is 5.02 Å². The van der Waals surface area contributed by atoms with Crippen LogP contribution < -0.4 is 15.4 Å². The first kappa shape index (κ1) is 15.1. The predicted molar refractivity (Wildman–Crippen MR) is 81.5 cm³/mol. The van der Waals surface area contributed by atoms with E-state index in [1.54, 1.807) is 4.90 Å². The molecule has 0 aromatic heterocycles. The van der Waals surface area contributed by atoms with Gasteiger partial charge in [0.15, 0.2) is 0 Å². The molecule has 0 unspecified atom stereocenters. The average Bonchev–Trinajstić information content (AvgIpc) is 2.80. The highest BCUT2D eigenvalue weighted by Gasteiger charge is 2.29. The Balaban J connectivity index is 2.65. The van der Waals surface area contributed by atoms with Crippen LogP contribution in [-0.4, -0.2) is 19.1 Å². The Kier molecular flexibility index (Phi) is 4.55. The Bertz CT molecular complexity index is 529. The van der Waals surface area contributed by atoms with E-state index in [-0.39, 0.29) is 11.9 Å². The van der Waals surface area contributed by atoms with Crippen molar-refractivity contribution in [3.63, 3.8) is 0 Å². The molecule has 0 bridgehead atoms. The highest BCUT2D eigenvalue weighted by Crippen LogP contribution is 2.43. The van der Waals surface area contributed by atoms with Crippen LogP contribution in [0.25, 0.3) is 0 Å². The van der Waals surface area contributed by atoms with Gasteiger partial charge >= 0.3 is 0 Å². The lowest BCUT2D eigenvalue weighted by Crippen LogP contribution is -2.26. The van der Waals surface area contributed by atoms with Gasteiger partial charge in [-0.1, -0.05) is 11.6 Å². The van der Waals surface area contributed by atoms with E-state index in [4.69, 9.17) is 22.1 Å². The molecule has 1 fully saturated rings. The molecule has 4 nitrogen and oxygen atoms in total. The summed E-state index contributed by atoms with van der Waals surface area (Å²) in [5, 5.41) is 0.621. The molecule has 1 amide bonds. The van der Waals surface area contributed by atoms with Crippen molar-refractivity contribution in [3.8, 4) is 5.75 Å². The number of hydrogen-bond donors (Lipinski definition) is 1. The van der Waals surface area contributed by atoms with Crippen LogP contribution in [-0.2, 0) is 4.79 Å². The lowest BCUT2D eigenvalue weighted by Gasteiger charge is -2.26. The third kappa shape index (κ3) is 2.63. The Morgan fingerprint density at radius 1 is 1.55 bits per heavy atom. The summed E-state index contributed by atoms with van der Waals surface area (Å²) in [6, 6.07) is 1.64. The van der Waals surface area contributed by atoms with Crippen molar-refractivity contribution < 1.29 is 9.53 Å². The monoisotopic (exact) mass is 296 g/mol. The van der Waals surface area contributed by atoms with Crippen LogP contribution in [0.5, 0.6) is 5.75 Å². The number of benzene rings is 1. The second-order valence-corrected chi connectivity index (χ2v) is 5.53. The molecule has 1 aromatic carbocycles. The van der Waals surface area contributed by atoms with Crippen LogP contribution in [0.3, 0.4) is 0 Å². The van der Waals surface area contributed by atoms with Crippen LogP contribution in [0.4, 0.5) is 5.69 Å². The minimum Gasteiger partial charge on any atom is -0.491 e. The molecule has 0 saturated carbocycles. The summed E-state index contributed by atoms with van der Waals surface area (Å²) in [6.45, 7) is 6.95. The number of ether oxygens (including phenoxy) is 1. The maximum absolute atomic E-state index is 12.1. The van der Waals surface area contributed by atoms with Gasteiger partial charge in [-0.3, -0.25) is 4.79 Å². The fourth-order valence-electron chi connectivity index (χ4n) is 2.57. The van der Waals surface area contributed by atoms with E-state index in [1.807, 2.05) is 26.8 Å². The summed E-state index contributed by atoms with van der Waals surface area (Å²) in [5.41, 5.74) is 8.52. The van der Waals surface area contributed by atoms with Gasteiger partial charge in [-0.15, -0.1) is 0 Å². The molecule has 1 heterocycles. The third-order valence-electron chi connectivity index (χ3n) is 3.60. The number of nitrogens with zero attached hydrogens (tertiary/aromatic N) is 1. The quantitative estimate of drug-likeness (QED) is 0.928. The lowest BCUT2D eigenvalue weighted by molar-refractivity contribution is -0.117. The molecule has 0 radical (unpaired) electrons. The molecule has 5 heteroatoms. The molecule has 2 N–H and O–H groups in total. The maximum Gasteiger partial charge on any atom is 0.227 e. The lowest BCUT2D eigenvalue weighted by atomic mass is 10.0. The smallest absolute Gasteiger partial charge is 0.227 e. The van der Waals surface area contributed by atoms with Gasteiger partial charge in [-0.25, -0.2) is 0 Å². The second-order valence-electron chi connectivity index (χ2n) is 5.12. The number of rotatable bonds is 4. The number of amides is 1. The van der Waals surface area contributed by atoms with E-state index in [9.17, 15) is 4.79 Å². The van der Waals surface area contributed by atoms with Crippen molar-refractivity contribution in [2.75, 3.05) is 18.1 Å². The van der Waals surface area contributed by atoms with Gasteiger partial charge in [0.05, 0.1) is 12.3 Å². The van der Waals surface area contributed by atoms with Crippen LogP contribution in [0.1, 0.15) is 43.9 Å². The summed E-state index contributed by atoms with van der Waals surface area (Å²) in [5.74, 6) is 0.812. The van der Waals surface area contributed by atoms with E-state index in [0.29, 0.717) is 30.3 Å². The number of halogens is 1. The second kappa shape index (κ2) is 6.02. The number of nitrogens with two attached hydrogens (primary N) is 1. The van der Waals surface area contributed by atoms with Crippen molar-refractivity contribution >= 4 is 23.2 Å². The van der Waals surface area contributed by atoms with Crippen LogP contribution in [0.15, 0.2) is 6.07 Å². The summed E-state index contributed by atoms with van der Waals surface area (Å²) in [6.07, 6.45) is 1.44. The van der Waals surface area contributed by atoms with Gasteiger partial charge in [0.25, 0.3) is 0 Å². The van der Waals surface area contributed by atoms with Crippen molar-refractivity contribution in [1.29, 1.82) is 0 Å². The number of carbonyl (C=O) groups is 1. The molecule has 1 aromatic rings. The highest BCUT2D eigenvalue weighted by molar-refractivity contribution is 6.32. The van der Waals surface area contributed by atoms with Crippen molar-refractivity contribution in [3.05, 3.63) is 22.2 Å². The van der Waals surface area contributed by atoms with E-state index in [2.05, 4.69) is 0 Å². The number of hydrogen-bond acceptors (Lipinski definition) is 3. The zero-order chi connectivity index (χ0) is 14.9. The van der Waals surface area contributed by atoms with Gasteiger partial charge < -0.3 is 15.4 Å². The SMILES string of the molecule is CCOc1c([C@H](C)N)cc(Cl)c(C)c1N1CCCC1=O. The van der Waals surface area contributed by atoms with Gasteiger partial charge in [0.2, 0.25) is 5.91 Å². The van der Waals surface area contributed by atoms with Gasteiger partial charge in [-0.05, 0) is 38.8 Å². The first-order chi connectivity index (χ1) is 9.47. The molecule has 20 heavy (non-hydrogen) atoms. The average molecular weight is 297 g/mol. The number of anilines is 1.